The Morgan fingerprint density at radius 1 is 1.16 bits per heavy atom. The molecule has 0 aliphatic carbocycles. The first kappa shape index (κ1) is 21.8. The Bertz CT molecular complexity index is 1350. The molecule has 6 nitrogen and oxygen atoms in total. The number of rotatable bonds is 5. The van der Waals surface area contributed by atoms with Crippen molar-refractivity contribution in [1.82, 2.24) is 4.57 Å². The molecule has 0 unspecified atom stereocenters. The number of hydrogen-bond donors (Lipinski definition) is 0. The van der Waals surface area contributed by atoms with Crippen LogP contribution in [0.15, 0.2) is 75.7 Å². The minimum Gasteiger partial charge on any atom is -0.463 e. The second-order valence-corrected chi connectivity index (χ2v) is 8.71. The van der Waals surface area contributed by atoms with Gasteiger partial charge in [-0.25, -0.2) is 9.79 Å². The van der Waals surface area contributed by atoms with E-state index >= 15 is 0 Å². The van der Waals surface area contributed by atoms with Crippen molar-refractivity contribution in [3.63, 3.8) is 0 Å². The summed E-state index contributed by atoms with van der Waals surface area (Å²) in [6.07, 6.45) is 1.86. The van der Waals surface area contributed by atoms with Crippen LogP contribution in [0.2, 0.25) is 0 Å². The van der Waals surface area contributed by atoms with Gasteiger partial charge >= 0.3 is 5.97 Å². The van der Waals surface area contributed by atoms with Crippen molar-refractivity contribution in [2.45, 2.75) is 19.9 Å². The summed E-state index contributed by atoms with van der Waals surface area (Å²) in [6, 6.07) is 17.0. The highest BCUT2D eigenvalue weighted by Crippen LogP contribution is 2.31. The molecule has 0 saturated heterocycles. The van der Waals surface area contributed by atoms with Crippen LogP contribution in [0.4, 0.5) is 5.69 Å². The third-order valence-corrected chi connectivity index (χ3v) is 6.32. The zero-order valence-corrected chi connectivity index (χ0v) is 19.3. The average molecular weight is 448 g/mol. The molecule has 0 fully saturated rings. The van der Waals surface area contributed by atoms with Gasteiger partial charge in [-0.2, -0.15) is 0 Å². The fraction of sp³-hybridized carbons (Fsp3) is 0.240. The van der Waals surface area contributed by atoms with E-state index in [1.165, 1.54) is 11.3 Å². The first-order chi connectivity index (χ1) is 15.4. The molecular weight excluding hydrogens is 422 g/mol. The Morgan fingerprint density at radius 2 is 1.84 bits per heavy atom. The van der Waals surface area contributed by atoms with Gasteiger partial charge in [-0.3, -0.25) is 9.36 Å². The smallest absolute Gasteiger partial charge is 0.338 e. The lowest BCUT2D eigenvalue weighted by Gasteiger charge is -2.25. The first-order valence-corrected chi connectivity index (χ1v) is 11.2. The summed E-state index contributed by atoms with van der Waals surface area (Å²) < 4.78 is 7.52. The van der Waals surface area contributed by atoms with Crippen LogP contribution in [0.3, 0.4) is 0 Å². The lowest BCUT2D eigenvalue weighted by molar-refractivity contribution is -0.139. The molecule has 0 saturated carbocycles. The summed E-state index contributed by atoms with van der Waals surface area (Å²) in [7, 11) is 3.94. The van der Waals surface area contributed by atoms with E-state index in [2.05, 4.69) is 4.99 Å². The molecule has 2 heterocycles. The number of fused-ring (bicyclic) bond motifs is 1. The van der Waals surface area contributed by atoms with E-state index in [0.29, 0.717) is 20.6 Å². The van der Waals surface area contributed by atoms with Gasteiger partial charge in [0.05, 0.1) is 28.5 Å². The molecule has 0 radical (unpaired) electrons. The number of carbonyl (C=O) groups excluding carboxylic acids is 1. The van der Waals surface area contributed by atoms with Gasteiger partial charge in [0.1, 0.15) is 0 Å². The van der Waals surface area contributed by atoms with Gasteiger partial charge in [0, 0.05) is 19.8 Å². The Balaban J connectivity index is 1.94. The number of nitrogens with zero attached hydrogens (tertiary/aromatic N) is 3. The van der Waals surface area contributed by atoms with Crippen LogP contribution in [-0.4, -0.2) is 31.2 Å². The van der Waals surface area contributed by atoms with Crippen molar-refractivity contribution in [1.29, 1.82) is 0 Å². The Labute approximate surface area is 190 Å². The molecule has 3 aromatic rings. The molecule has 4 rings (SSSR count). The molecule has 32 heavy (non-hydrogen) atoms. The van der Waals surface area contributed by atoms with Crippen LogP contribution < -0.4 is 19.8 Å². The number of benzene rings is 2. The number of ether oxygens (including phenoxy) is 1. The second kappa shape index (κ2) is 8.96. The number of carbonyl (C=O) groups is 1. The van der Waals surface area contributed by atoms with Crippen molar-refractivity contribution in [3.05, 3.63) is 96.7 Å². The summed E-state index contributed by atoms with van der Waals surface area (Å²) in [4.78, 5) is 33.6. The zero-order valence-electron chi connectivity index (χ0n) is 18.5. The van der Waals surface area contributed by atoms with Gasteiger partial charge in [-0.1, -0.05) is 53.8 Å². The van der Waals surface area contributed by atoms with Gasteiger partial charge in [0.15, 0.2) is 4.80 Å². The molecule has 0 bridgehead atoms. The van der Waals surface area contributed by atoms with Crippen molar-refractivity contribution in [2.24, 2.45) is 4.99 Å². The summed E-state index contributed by atoms with van der Waals surface area (Å²) in [6.45, 7) is 3.81. The monoisotopic (exact) mass is 447 g/mol. The number of allylic oxidation sites excluding steroid dienone is 1. The van der Waals surface area contributed by atoms with Crippen molar-refractivity contribution < 1.29 is 9.53 Å². The summed E-state index contributed by atoms with van der Waals surface area (Å²) in [5.74, 6) is -0.451. The van der Waals surface area contributed by atoms with E-state index in [0.717, 1.165) is 16.8 Å². The highest BCUT2D eigenvalue weighted by atomic mass is 32.1. The predicted octanol–water partition coefficient (Wildman–Crippen LogP) is 2.86. The van der Waals surface area contributed by atoms with Gasteiger partial charge < -0.3 is 9.64 Å². The molecule has 7 heteroatoms. The van der Waals surface area contributed by atoms with Crippen molar-refractivity contribution in [3.8, 4) is 0 Å². The lowest BCUT2D eigenvalue weighted by Crippen LogP contribution is -2.39. The van der Waals surface area contributed by atoms with E-state index in [9.17, 15) is 9.59 Å². The van der Waals surface area contributed by atoms with Crippen LogP contribution in [-0.2, 0) is 9.53 Å². The van der Waals surface area contributed by atoms with Crippen LogP contribution in [0.5, 0.6) is 0 Å². The molecule has 1 aliphatic heterocycles. The summed E-state index contributed by atoms with van der Waals surface area (Å²) in [5, 5.41) is 0. The van der Waals surface area contributed by atoms with E-state index in [1.54, 1.807) is 18.4 Å². The first-order valence-electron chi connectivity index (χ1n) is 10.4. The number of thiazole rings is 1. The minimum absolute atomic E-state index is 0.173. The number of esters is 1. The third kappa shape index (κ3) is 4.03. The topological polar surface area (TPSA) is 63.9 Å². The highest BCUT2D eigenvalue weighted by molar-refractivity contribution is 7.07. The number of anilines is 1. The van der Waals surface area contributed by atoms with E-state index in [1.807, 2.05) is 79.7 Å². The molecule has 1 atom stereocenters. The molecule has 1 aliphatic rings. The number of hydrogen-bond acceptors (Lipinski definition) is 6. The summed E-state index contributed by atoms with van der Waals surface area (Å²) in [5.41, 5.74) is 3.59. The Hall–Kier alpha value is -3.45. The molecule has 2 aromatic carbocycles. The highest BCUT2D eigenvalue weighted by Gasteiger charge is 2.33. The molecule has 0 spiro atoms. The molecule has 1 aromatic heterocycles. The maximum Gasteiger partial charge on any atom is 0.338 e. The van der Waals surface area contributed by atoms with Crippen LogP contribution in [0, 0.1) is 0 Å². The van der Waals surface area contributed by atoms with Gasteiger partial charge in [0.2, 0.25) is 0 Å². The van der Waals surface area contributed by atoms with Gasteiger partial charge in [-0.15, -0.1) is 0 Å². The zero-order chi connectivity index (χ0) is 22.8. The number of aromatic nitrogens is 1. The van der Waals surface area contributed by atoms with Crippen LogP contribution >= 0.6 is 11.3 Å². The van der Waals surface area contributed by atoms with Crippen molar-refractivity contribution in [2.75, 3.05) is 25.6 Å². The van der Waals surface area contributed by atoms with Crippen LogP contribution in [0.25, 0.3) is 6.08 Å². The third-order valence-electron chi connectivity index (χ3n) is 5.34. The maximum absolute atomic E-state index is 13.5. The largest absolute Gasteiger partial charge is 0.463 e. The SMILES string of the molecule is CCOC(=O)C1=C(C)N=c2s/c(=C/c3ccccc3)c(=O)n2[C@H]1c1ccc(N(C)C)cc1. The molecule has 0 amide bonds. The van der Waals surface area contributed by atoms with E-state index in [4.69, 9.17) is 4.74 Å². The fourth-order valence-electron chi connectivity index (χ4n) is 3.76. The molecular formula is C25H25N3O3S. The molecule has 164 valence electrons. The van der Waals surface area contributed by atoms with Gasteiger partial charge in [-0.05, 0) is 43.2 Å². The van der Waals surface area contributed by atoms with Crippen molar-refractivity contribution >= 4 is 29.1 Å². The minimum atomic E-state index is -0.598. The maximum atomic E-state index is 13.5. The second-order valence-electron chi connectivity index (χ2n) is 7.70. The molecule has 0 N–H and O–H groups in total. The van der Waals surface area contributed by atoms with E-state index in [-0.39, 0.29) is 12.2 Å². The summed E-state index contributed by atoms with van der Waals surface area (Å²) >= 11 is 1.33. The van der Waals surface area contributed by atoms with Gasteiger partial charge in [0.25, 0.3) is 5.56 Å². The average Bonchev–Trinajstić information content (AvgIpc) is 3.08. The fourth-order valence-corrected chi connectivity index (χ4v) is 4.81. The van der Waals surface area contributed by atoms with Crippen LogP contribution in [0.1, 0.15) is 31.0 Å². The Morgan fingerprint density at radius 3 is 2.47 bits per heavy atom. The Kier molecular flexibility index (Phi) is 6.10. The lowest BCUT2D eigenvalue weighted by atomic mass is 9.95. The van der Waals surface area contributed by atoms with E-state index < -0.39 is 12.0 Å². The predicted molar refractivity (Wildman–Crippen MR) is 128 cm³/mol. The normalized spacial score (nSPS) is 15.9. The quantitative estimate of drug-likeness (QED) is 0.565. The standard InChI is InChI=1S/C25H25N3O3S/c1-5-31-24(30)21-16(2)26-25-28(22(21)18-11-13-19(14-12-18)27(3)4)23(29)20(32-25)15-17-9-7-6-8-10-17/h6-15,22H,5H2,1-4H3/b20-15+/t22-/m0/s1.